The van der Waals surface area contributed by atoms with Crippen LogP contribution >= 0.6 is 0 Å². The van der Waals surface area contributed by atoms with E-state index in [9.17, 15) is 9.59 Å². The van der Waals surface area contributed by atoms with Crippen LogP contribution in [0.1, 0.15) is 57.8 Å². The van der Waals surface area contributed by atoms with Gasteiger partial charge in [-0.25, -0.2) is 0 Å². The van der Waals surface area contributed by atoms with E-state index in [0.717, 1.165) is 25.7 Å². The summed E-state index contributed by atoms with van der Waals surface area (Å²) in [6, 6.07) is -0.0312. The van der Waals surface area contributed by atoms with Gasteiger partial charge in [0.1, 0.15) is 0 Å². The van der Waals surface area contributed by atoms with Gasteiger partial charge in [-0.15, -0.1) is 0 Å². The Morgan fingerprint density at radius 2 is 1.56 bits per heavy atom. The lowest BCUT2D eigenvalue weighted by atomic mass is 9.84. The summed E-state index contributed by atoms with van der Waals surface area (Å²) in [5.41, 5.74) is 6.21. The highest BCUT2D eigenvalue weighted by atomic mass is 16.2. The number of amides is 2. The number of hydrogen-bond donors (Lipinski definition) is 1. The van der Waals surface area contributed by atoms with Gasteiger partial charge in [0.2, 0.25) is 11.8 Å². The molecule has 2 rings (SSSR count). The van der Waals surface area contributed by atoms with Crippen molar-refractivity contribution < 1.29 is 9.59 Å². The van der Waals surface area contributed by atoms with Gasteiger partial charge in [-0.1, -0.05) is 19.3 Å². The first-order valence-corrected chi connectivity index (χ1v) is 7.27. The van der Waals surface area contributed by atoms with Crippen LogP contribution < -0.4 is 5.73 Å². The molecular weight excluding hydrogens is 228 g/mol. The third-order valence-electron chi connectivity index (χ3n) is 4.28. The van der Waals surface area contributed by atoms with Crippen LogP contribution in [0.15, 0.2) is 0 Å². The minimum absolute atomic E-state index is 0.0243. The fourth-order valence-corrected chi connectivity index (χ4v) is 3.09. The minimum atomic E-state index is -0.0312. The number of likely N-dealkylation sites (tertiary alicyclic amines) is 1. The Kier molecular flexibility index (Phi) is 4.75. The van der Waals surface area contributed by atoms with Crippen molar-refractivity contribution in [2.24, 2.45) is 11.7 Å². The molecule has 2 aliphatic rings. The van der Waals surface area contributed by atoms with Crippen LogP contribution in [0.25, 0.3) is 0 Å². The topological polar surface area (TPSA) is 63.4 Å². The van der Waals surface area contributed by atoms with Gasteiger partial charge in [-0.05, 0) is 31.6 Å². The van der Waals surface area contributed by atoms with E-state index in [1.165, 1.54) is 24.2 Å². The van der Waals surface area contributed by atoms with Crippen LogP contribution in [0.3, 0.4) is 0 Å². The van der Waals surface area contributed by atoms with Crippen molar-refractivity contribution in [1.82, 2.24) is 4.90 Å². The molecule has 0 aromatic rings. The normalized spacial score (nSPS) is 25.1. The van der Waals surface area contributed by atoms with Crippen LogP contribution in [0.4, 0.5) is 0 Å². The van der Waals surface area contributed by atoms with E-state index in [2.05, 4.69) is 0 Å². The molecule has 1 unspecified atom stereocenters. The molecule has 0 bridgehead atoms. The standard InChI is InChI=1S/C14H24N2O2/c15-12(11-6-2-1-3-7-11)10-16-13(17)8-4-5-9-14(16)18/h11-12H,1-10,15H2. The minimum Gasteiger partial charge on any atom is -0.326 e. The number of nitrogens with two attached hydrogens (primary N) is 1. The van der Waals surface area contributed by atoms with Crippen molar-refractivity contribution in [2.75, 3.05) is 6.54 Å². The molecule has 2 amide bonds. The SMILES string of the molecule is NC(CN1C(=O)CCCCC1=O)C1CCCCC1. The van der Waals surface area contributed by atoms with E-state index in [0.29, 0.717) is 25.3 Å². The second-order valence-electron chi connectivity index (χ2n) is 5.67. The van der Waals surface area contributed by atoms with Gasteiger partial charge in [0.05, 0.1) is 0 Å². The van der Waals surface area contributed by atoms with Gasteiger partial charge >= 0.3 is 0 Å². The molecular formula is C14H24N2O2. The van der Waals surface area contributed by atoms with Crippen molar-refractivity contribution >= 4 is 11.8 Å². The second-order valence-corrected chi connectivity index (χ2v) is 5.67. The van der Waals surface area contributed by atoms with Crippen LogP contribution in [-0.2, 0) is 9.59 Å². The first kappa shape index (κ1) is 13.5. The Balaban J connectivity index is 1.92. The Bertz CT molecular complexity index is 293. The molecule has 2 fully saturated rings. The first-order valence-electron chi connectivity index (χ1n) is 7.27. The second kappa shape index (κ2) is 6.32. The van der Waals surface area contributed by atoms with Crippen molar-refractivity contribution in [3.63, 3.8) is 0 Å². The molecule has 2 N–H and O–H groups in total. The van der Waals surface area contributed by atoms with Crippen LogP contribution in [0.2, 0.25) is 0 Å². The highest BCUT2D eigenvalue weighted by Gasteiger charge is 2.29. The predicted octanol–water partition coefficient (Wildman–Crippen LogP) is 1.82. The zero-order valence-electron chi connectivity index (χ0n) is 11.1. The Morgan fingerprint density at radius 1 is 1.00 bits per heavy atom. The molecule has 0 radical (unpaired) electrons. The van der Waals surface area contributed by atoms with Gasteiger partial charge in [0.25, 0.3) is 0 Å². The van der Waals surface area contributed by atoms with Crippen molar-refractivity contribution in [3.05, 3.63) is 0 Å². The molecule has 4 heteroatoms. The van der Waals surface area contributed by atoms with Gasteiger partial charge < -0.3 is 5.73 Å². The maximum absolute atomic E-state index is 11.9. The molecule has 1 aliphatic heterocycles. The lowest BCUT2D eigenvalue weighted by Crippen LogP contribution is -2.47. The van der Waals surface area contributed by atoms with Gasteiger partial charge in [-0.3, -0.25) is 14.5 Å². The molecule has 0 aromatic carbocycles. The highest BCUT2D eigenvalue weighted by Crippen LogP contribution is 2.26. The van der Waals surface area contributed by atoms with Gasteiger partial charge in [-0.2, -0.15) is 0 Å². The van der Waals surface area contributed by atoms with Crippen molar-refractivity contribution in [1.29, 1.82) is 0 Å². The number of rotatable bonds is 3. The van der Waals surface area contributed by atoms with Crippen LogP contribution in [0, 0.1) is 5.92 Å². The quantitative estimate of drug-likeness (QED) is 0.779. The summed E-state index contributed by atoms with van der Waals surface area (Å²) in [4.78, 5) is 25.2. The summed E-state index contributed by atoms with van der Waals surface area (Å²) in [6.45, 7) is 0.433. The summed E-state index contributed by atoms with van der Waals surface area (Å²) in [7, 11) is 0. The Labute approximate surface area is 109 Å². The Morgan fingerprint density at radius 3 is 2.11 bits per heavy atom. The zero-order valence-corrected chi connectivity index (χ0v) is 11.1. The molecule has 0 spiro atoms. The lowest BCUT2D eigenvalue weighted by Gasteiger charge is -2.31. The summed E-state index contributed by atoms with van der Waals surface area (Å²) >= 11 is 0. The number of carbonyl (C=O) groups excluding carboxylic acids is 2. The van der Waals surface area contributed by atoms with Gasteiger partial charge in [0.15, 0.2) is 0 Å². The zero-order chi connectivity index (χ0) is 13.0. The maximum atomic E-state index is 11.9. The fourth-order valence-electron chi connectivity index (χ4n) is 3.09. The monoisotopic (exact) mass is 252 g/mol. The maximum Gasteiger partial charge on any atom is 0.229 e. The van der Waals surface area contributed by atoms with E-state index in [-0.39, 0.29) is 17.9 Å². The van der Waals surface area contributed by atoms with E-state index >= 15 is 0 Å². The highest BCUT2D eigenvalue weighted by molar-refractivity contribution is 5.96. The Hall–Kier alpha value is -0.900. The summed E-state index contributed by atoms with van der Waals surface area (Å²) in [6.07, 6.45) is 8.74. The van der Waals surface area contributed by atoms with E-state index in [1.54, 1.807) is 0 Å². The third-order valence-corrected chi connectivity index (χ3v) is 4.28. The number of nitrogens with zero attached hydrogens (tertiary/aromatic N) is 1. The fraction of sp³-hybridized carbons (Fsp3) is 0.857. The smallest absolute Gasteiger partial charge is 0.229 e. The molecule has 1 aliphatic carbocycles. The lowest BCUT2D eigenvalue weighted by molar-refractivity contribution is -0.144. The summed E-state index contributed by atoms with van der Waals surface area (Å²) < 4.78 is 0. The molecule has 1 atom stereocenters. The van der Waals surface area contributed by atoms with E-state index in [4.69, 9.17) is 5.73 Å². The van der Waals surface area contributed by atoms with Crippen molar-refractivity contribution in [2.45, 2.75) is 63.8 Å². The average molecular weight is 252 g/mol. The molecule has 1 saturated heterocycles. The van der Waals surface area contributed by atoms with Crippen LogP contribution in [0.5, 0.6) is 0 Å². The largest absolute Gasteiger partial charge is 0.326 e. The van der Waals surface area contributed by atoms with E-state index < -0.39 is 0 Å². The molecule has 0 aromatic heterocycles. The molecule has 1 saturated carbocycles. The van der Waals surface area contributed by atoms with E-state index in [1.807, 2.05) is 0 Å². The molecule has 102 valence electrons. The predicted molar refractivity (Wildman–Crippen MR) is 69.7 cm³/mol. The average Bonchev–Trinajstić information content (AvgIpc) is 2.55. The number of hydrogen-bond acceptors (Lipinski definition) is 3. The van der Waals surface area contributed by atoms with Gasteiger partial charge in [0, 0.05) is 25.4 Å². The molecule has 4 nitrogen and oxygen atoms in total. The van der Waals surface area contributed by atoms with Crippen LogP contribution in [-0.4, -0.2) is 29.3 Å². The third kappa shape index (κ3) is 3.31. The summed E-state index contributed by atoms with van der Waals surface area (Å²) in [5, 5.41) is 0. The number of imide groups is 1. The summed E-state index contributed by atoms with van der Waals surface area (Å²) in [5.74, 6) is 0.440. The first-order chi connectivity index (χ1) is 8.68. The number of carbonyl (C=O) groups is 2. The molecule has 18 heavy (non-hydrogen) atoms. The molecule has 1 heterocycles. The van der Waals surface area contributed by atoms with Crippen molar-refractivity contribution in [3.8, 4) is 0 Å².